The maximum absolute atomic E-state index is 5.76. The molecule has 1 aromatic carbocycles. The van der Waals surface area contributed by atoms with Gasteiger partial charge < -0.3 is 14.9 Å². The lowest BCUT2D eigenvalue weighted by atomic mass is 10.1. The summed E-state index contributed by atoms with van der Waals surface area (Å²) in [5.41, 5.74) is 6.86. The van der Waals surface area contributed by atoms with E-state index in [1.807, 2.05) is 43.3 Å². The summed E-state index contributed by atoms with van der Waals surface area (Å²) in [5, 5.41) is 0. The Bertz CT molecular complexity index is 418. The molecule has 0 spiro atoms. The molecule has 0 fully saturated rings. The third kappa shape index (κ3) is 2.64. The summed E-state index contributed by atoms with van der Waals surface area (Å²) < 4.78 is 10.7. The fraction of sp³-hybridized carbons (Fsp3) is 0.231. The zero-order valence-electron chi connectivity index (χ0n) is 9.22. The van der Waals surface area contributed by atoms with Crippen molar-refractivity contribution in [3.8, 4) is 5.75 Å². The van der Waals surface area contributed by atoms with E-state index in [-0.39, 0.29) is 6.04 Å². The Morgan fingerprint density at radius 1 is 1.25 bits per heavy atom. The summed E-state index contributed by atoms with van der Waals surface area (Å²) >= 11 is 0. The first-order valence-electron chi connectivity index (χ1n) is 5.26. The van der Waals surface area contributed by atoms with E-state index in [1.54, 1.807) is 6.26 Å². The number of furan rings is 1. The second-order valence-electron chi connectivity index (χ2n) is 3.73. The van der Waals surface area contributed by atoms with Gasteiger partial charge in [0.25, 0.3) is 0 Å². The Balaban J connectivity index is 1.95. The molecule has 2 N–H and O–H groups in total. The van der Waals surface area contributed by atoms with Crippen LogP contribution in [0, 0.1) is 0 Å². The molecule has 84 valence electrons. The summed E-state index contributed by atoms with van der Waals surface area (Å²) in [4.78, 5) is 0. The molecular weight excluding hydrogens is 202 g/mol. The third-order valence-electron chi connectivity index (χ3n) is 2.37. The van der Waals surface area contributed by atoms with Gasteiger partial charge in [0.2, 0.25) is 0 Å². The molecule has 16 heavy (non-hydrogen) atoms. The largest absolute Gasteiger partial charge is 0.486 e. The minimum absolute atomic E-state index is 0.0547. The average Bonchev–Trinajstić information content (AvgIpc) is 2.80. The summed E-state index contributed by atoms with van der Waals surface area (Å²) in [6.45, 7) is 2.41. The maximum atomic E-state index is 5.76. The van der Waals surface area contributed by atoms with Crippen molar-refractivity contribution in [1.82, 2.24) is 0 Å². The first-order chi connectivity index (χ1) is 7.75. The van der Waals surface area contributed by atoms with Crippen molar-refractivity contribution < 1.29 is 9.15 Å². The third-order valence-corrected chi connectivity index (χ3v) is 2.37. The highest BCUT2D eigenvalue weighted by Gasteiger charge is 2.00. The van der Waals surface area contributed by atoms with Gasteiger partial charge in [-0.25, -0.2) is 0 Å². The molecule has 3 heteroatoms. The van der Waals surface area contributed by atoms with Crippen LogP contribution in [0.15, 0.2) is 47.1 Å². The molecule has 0 aliphatic carbocycles. The monoisotopic (exact) mass is 217 g/mol. The van der Waals surface area contributed by atoms with E-state index in [0.717, 1.165) is 17.1 Å². The van der Waals surface area contributed by atoms with Crippen LogP contribution in [0.25, 0.3) is 0 Å². The van der Waals surface area contributed by atoms with Crippen LogP contribution in [0.5, 0.6) is 5.75 Å². The standard InChI is InChI=1S/C13H15NO2/c1-10(14)11-4-6-12(7-5-11)16-9-13-3-2-8-15-13/h2-8,10H,9,14H2,1H3/t10-/m0/s1. The lowest BCUT2D eigenvalue weighted by Gasteiger charge is -2.07. The van der Waals surface area contributed by atoms with Gasteiger partial charge in [-0.15, -0.1) is 0 Å². The minimum Gasteiger partial charge on any atom is -0.486 e. The topological polar surface area (TPSA) is 48.4 Å². The molecule has 0 radical (unpaired) electrons. The molecular formula is C13H15NO2. The quantitative estimate of drug-likeness (QED) is 0.856. The SMILES string of the molecule is C[C@H](N)c1ccc(OCc2ccco2)cc1. The van der Waals surface area contributed by atoms with Gasteiger partial charge in [0.05, 0.1) is 6.26 Å². The summed E-state index contributed by atoms with van der Waals surface area (Å²) in [7, 11) is 0. The molecule has 0 unspecified atom stereocenters. The summed E-state index contributed by atoms with van der Waals surface area (Å²) in [6.07, 6.45) is 1.64. The number of benzene rings is 1. The maximum Gasteiger partial charge on any atom is 0.146 e. The van der Waals surface area contributed by atoms with Crippen LogP contribution in [0.3, 0.4) is 0 Å². The van der Waals surface area contributed by atoms with Crippen LogP contribution in [0.4, 0.5) is 0 Å². The van der Waals surface area contributed by atoms with Gasteiger partial charge in [-0.1, -0.05) is 12.1 Å². The molecule has 0 bridgehead atoms. The molecule has 1 heterocycles. The predicted molar refractivity (Wildman–Crippen MR) is 62.1 cm³/mol. The van der Waals surface area contributed by atoms with Gasteiger partial charge in [-0.2, -0.15) is 0 Å². The Hall–Kier alpha value is -1.74. The molecule has 1 atom stereocenters. The molecule has 2 rings (SSSR count). The number of ether oxygens (including phenoxy) is 1. The van der Waals surface area contributed by atoms with Crippen LogP contribution in [0.2, 0.25) is 0 Å². The van der Waals surface area contributed by atoms with Crippen molar-refractivity contribution in [3.63, 3.8) is 0 Å². The van der Waals surface area contributed by atoms with E-state index in [2.05, 4.69) is 0 Å². The number of nitrogens with two attached hydrogens (primary N) is 1. The Morgan fingerprint density at radius 3 is 2.56 bits per heavy atom. The molecule has 0 aliphatic rings. The second-order valence-corrected chi connectivity index (χ2v) is 3.73. The lowest BCUT2D eigenvalue weighted by molar-refractivity contribution is 0.270. The summed E-state index contributed by atoms with van der Waals surface area (Å²) in [5.74, 6) is 1.64. The minimum atomic E-state index is 0.0547. The summed E-state index contributed by atoms with van der Waals surface area (Å²) in [6, 6.07) is 11.6. The van der Waals surface area contributed by atoms with Crippen LogP contribution in [-0.4, -0.2) is 0 Å². The normalized spacial score (nSPS) is 12.4. The van der Waals surface area contributed by atoms with Gasteiger partial charge in [0.15, 0.2) is 0 Å². The first-order valence-corrected chi connectivity index (χ1v) is 5.26. The Morgan fingerprint density at radius 2 is 2.00 bits per heavy atom. The van der Waals surface area contributed by atoms with Gasteiger partial charge in [-0.3, -0.25) is 0 Å². The lowest BCUT2D eigenvalue weighted by Crippen LogP contribution is -2.04. The van der Waals surface area contributed by atoms with E-state index < -0.39 is 0 Å². The molecule has 3 nitrogen and oxygen atoms in total. The van der Waals surface area contributed by atoms with E-state index in [4.69, 9.17) is 14.9 Å². The Labute approximate surface area is 94.8 Å². The van der Waals surface area contributed by atoms with Gasteiger partial charge in [0.1, 0.15) is 18.1 Å². The zero-order valence-corrected chi connectivity index (χ0v) is 9.22. The number of hydrogen-bond donors (Lipinski definition) is 1. The molecule has 0 aliphatic heterocycles. The fourth-order valence-electron chi connectivity index (χ4n) is 1.42. The van der Waals surface area contributed by atoms with E-state index in [9.17, 15) is 0 Å². The first kappa shape index (κ1) is 10.8. The Kier molecular flexibility index (Phi) is 3.27. The van der Waals surface area contributed by atoms with Crippen molar-refractivity contribution in [2.75, 3.05) is 0 Å². The highest BCUT2D eigenvalue weighted by Crippen LogP contribution is 2.17. The molecule has 2 aromatic rings. The second kappa shape index (κ2) is 4.86. The number of hydrogen-bond acceptors (Lipinski definition) is 3. The highest BCUT2D eigenvalue weighted by atomic mass is 16.5. The van der Waals surface area contributed by atoms with E-state index in [1.165, 1.54) is 0 Å². The molecule has 0 amide bonds. The zero-order chi connectivity index (χ0) is 11.4. The van der Waals surface area contributed by atoms with Crippen LogP contribution < -0.4 is 10.5 Å². The van der Waals surface area contributed by atoms with Crippen molar-refractivity contribution >= 4 is 0 Å². The van der Waals surface area contributed by atoms with Crippen molar-refractivity contribution in [2.24, 2.45) is 5.73 Å². The molecule has 1 aromatic heterocycles. The van der Waals surface area contributed by atoms with E-state index in [0.29, 0.717) is 6.61 Å². The van der Waals surface area contributed by atoms with Crippen LogP contribution in [0.1, 0.15) is 24.3 Å². The highest BCUT2D eigenvalue weighted by molar-refractivity contribution is 5.28. The van der Waals surface area contributed by atoms with Crippen molar-refractivity contribution in [2.45, 2.75) is 19.6 Å². The van der Waals surface area contributed by atoms with Crippen LogP contribution >= 0.6 is 0 Å². The smallest absolute Gasteiger partial charge is 0.146 e. The van der Waals surface area contributed by atoms with Gasteiger partial charge in [-0.05, 0) is 36.8 Å². The van der Waals surface area contributed by atoms with E-state index >= 15 is 0 Å². The predicted octanol–water partition coefficient (Wildman–Crippen LogP) is 2.88. The fourth-order valence-corrected chi connectivity index (χ4v) is 1.42. The van der Waals surface area contributed by atoms with Gasteiger partial charge >= 0.3 is 0 Å². The number of rotatable bonds is 4. The van der Waals surface area contributed by atoms with Gasteiger partial charge in [0, 0.05) is 6.04 Å². The van der Waals surface area contributed by atoms with Crippen molar-refractivity contribution in [3.05, 3.63) is 54.0 Å². The average molecular weight is 217 g/mol. The molecule has 0 saturated heterocycles. The molecule has 0 saturated carbocycles. The van der Waals surface area contributed by atoms with Crippen molar-refractivity contribution in [1.29, 1.82) is 0 Å². The van der Waals surface area contributed by atoms with Crippen LogP contribution in [-0.2, 0) is 6.61 Å².